The lowest BCUT2D eigenvalue weighted by Gasteiger charge is -2.18. The van der Waals surface area contributed by atoms with Crippen molar-refractivity contribution in [3.8, 4) is 0 Å². The molecule has 3 nitrogen and oxygen atoms in total. The fourth-order valence-corrected chi connectivity index (χ4v) is 3.14. The number of rotatable bonds is 3. The van der Waals surface area contributed by atoms with Crippen molar-refractivity contribution in [3.63, 3.8) is 0 Å². The molecule has 18 heavy (non-hydrogen) atoms. The summed E-state index contributed by atoms with van der Waals surface area (Å²) in [5.74, 6) is 0.439. The third kappa shape index (κ3) is 2.94. The summed E-state index contributed by atoms with van der Waals surface area (Å²) in [4.78, 5) is 13.8. The van der Waals surface area contributed by atoms with Gasteiger partial charge in [-0.1, -0.05) is 35.0 Å². The first-order valence-electron chi connectivity index (χ1n) is 5.52. The van der Waals surface area contributed by atoms with E-state index in [-0.39, 0.29) is 12.0 Å². The number of thioether (sulfide) groups is 1. The Labute approximate surface area is 120 Å². The van der Waals surface area contributed by atoms with Gasteiger partial charge in [0.2, 0.25) is 0 Å². The van der Waals surface area contributed by atoms with Crippen molar-refractivity contribution in [2.45, 2.75) is 25.4 Å². The average molecular weight is 306 g/mol. The first-order chi connectivity index (χ1) is 8.49. The number of amides is 1. The van der Waals surface area contributed by atoms with E-state index in [1.807, 2.05) is 13.8 Å². The molecule has 1 saturated heterocycles. The minimum Gasteiger partial charge on any atom is -0.355 e. The van der Waals surface area contributed by atoms with Crippen LogP contribution >= 0.6 is 35.0 Å². The predicted molar refractivity (Wildman–Crippen MR) is 76.4 cm³/mol. The summed E-state index contributed by atoms with van der Waals surface area (Å²) in [5.41, 5.74) is 0.177. The monoisotopic (exact) mass is 305 g/mol. The smallest absolute Gasteiger partial charge is 0.267 e. The van der Waals surface area contributed by atoms with Crippen LogP contribution in [0.15, 0.2) is 18.2 Å². The van der Waals surface area contributed by atoms with Crippen molar-refractivity contribution in [2.24, 2.45) is 0 Å². The van der Waals surface area contributed by atoms with Crippen LogP contribution in [-0.4, -0.2) is 23.3 Å². The van der Waals surface area contributed by atoms with Crippen molar-refractivity contribution in [3.05, 3.63) is 28.2 Å². The van der Waals surface area contributed by atoms with Gasteiger partial charge in [0.25, 0.3) is 5.91 Å². The molecule has 1 unspecified atom stereocenters. The maximum atomic E-state index is 12.2. The summed E-state index contributed by atoms with van der Waals surface area (Å²) in [6.45, 7) is 3.81. The number of anilines is 1. The molecule has 0 aliphatic carbocycles. The van der Waals surface area contributed by atoms with Crippen LogP contribution in [0.2, 0.25) is 10.0 Å². The number of carbonyl (C=O) groups is 1. The molecule has 1 atom stereocenters. The molecule has 1 aliphatic rings. The minimum atomic E-state index is -0.458. The molecule has 0 spiro atoms. The lowest BCUT2D eigenvalue weighted by molar-refractivity contribution is -0.125. The molecule has 1 aromatic rings. The fourth-order valence-electron chi connectivity index (χ4n) is 1.63. The van der Waals surface area contributed by atoms with E-state index in [0.29, 0.717) is 21.6 Å². The van der Waals surface area contributed by atoms with Gasteiger partial charge in [0.05, 0.1) is 22.7 Å². The molecular formula is C12H13Cl2NO2S. The molecule has 0 aromatic heterocycles. The van der Waals surface area contributed by atoms with Crippen LogP contribution < -0.4 is 4.90 Å². The van der Waals surface area contributed by atoms with Crippen LogP contribution in [0.4, 0.5) is 5.69 Å². The zero-order chi connectivity index (χ0) is 13.3. The van der Waals surface area contributed by atoms with E-state index < -0.39 is 5.44 Å². The van der Waals surface area contributed by atoms with Gasteiger partial charge in [-0.2, -0.15) is 0 Å². The van der Waals surface area contributed by atoms with E-state index >= 15 is 0 Å². The van der Waals surface area contributed by atoms with E-state index in [1.165, 1.54) is 11.8 Å². The van der Waals surface area contributed by atoms with Gasteiger partial charge in [-0.15, -0.1) is 0 Å². The highest BCUT2D eigenvalue weighted by Crippen LogP contribution is 2.36. The second-order valence-electron chi connectivity index (χ2n) is 4.17. The summed E-state index contributed by atoms with van der Waals surface area (Å²) < 4.78 is 5.54. The first-order valence-corrected chi connectivity index (χ1v) is 7.33. The van der Waals surface area contributed by atoms with Gasteiger partial charge in [-0.25, -0.2) is 0 Å². The molecule has 6 heteroatoms. The molecule has 0 bridgehead atoms. The van der Waals surface area contributed by atoms with Gasteiger partial charge < -0.3 is 4.74 Å². The van der Waals surface area contributed by atoms with Gasteiger partial charge in [0.1, 0.15) is 0 Å². The predicted octanol–water partition coefficient (Wildman–Crippen LogP) is 3.78. The zero-order valence-corrected chi connectivity index (χ0v) is 12.4. The van der Waals surface area contributed by atoms with Crippen LogP contribution in [0, 0.1) is 0 Å². The quantitative estimate of drug-likeness (QED) is 0.851. The Balaban J connectivity index is 2.20. The molecule has 1 aliphatic heterocycles. The number of hydrogen-bond acceptors (Lipinski definition) is 3. The Morgan fingerprint density at radius 2 is 2.17 bits per heavy atom. The van der Waals surface area contributed by atoms with Crippen LogP contribution in [0.5, 0.6) is 0 Å². The fraction of sp³-hybridized carbons (Fsp3) is 0.417. The largest absolute Gasteiger partial charge is 0.355 e. The van der Waals surface area contributed by atoms with Crippen molar-refractivity contribution in [2.75, 3.05) is 10.8 Å². The highest BCUT2D eigenvalue weighted by atomic mass is 35.5. The summed E-state index contributed by atoms with van der Waals surface area (Å²) >= 11 is 13.5. The number of ether oxygens (including phenoxy) is 1. The van der Waals surface area contributed by atoms with Gasteiger partial charge >= 0.3 is 0 Å². The van der Waals surface area contributed by atoms with E-state index in [1.54, 1.807) is 23.1 Å². The highest BCUT2D eigenvalue weighted by Gasteiger charge is 2.35. The van der Waals surface area contributed by atoms with Crippen LogP contribution in [0.25, 0.3) is 0 Å². The first kappa shape index (κ1) is 14.0. The van der Waals surface area contributed by atoms with Crippen LogP contribution in [-0.2, 0) is 9.53 Å². The summed E-state index contributed by atoms with van der Waals surface area (Å²) in [5, 5.41) is 1.07. The van der Waals surface area contributed by atoms with Gasteiger partial charge in [-0.05, 0) is 32.0 Å². The molecule has 1 fully saturated rings. The number of hydrogen-bond donors (Lipinski definition) is 0. The molecule has 1 amide bonds. The maximum absolute atomic E-state index is 12.2. The maximum Gasteiger partial charge on any atom is 0.267 e. The molecule has 1 heterocycles. The van der Waals surface area contributed by atoms with E-state index in [2.05, 4.69) is 0 Å². The van der Waals surface area contributed by atoms with Crippen molar-refractivity contribution < 1.29 is 9.53 Å². The molecule has 0 radical (unpaired) electrons. The lowest BCUT2D eigenvalue weighted by Crippen LogP contribution is -2.31. The Hall–Kier alpha value is -0.420. The van der Waals surface area contributed by atoms with Gasteiger partial charge in [-0.3, -0.25) is 9.69 Å². The number of nitrogens with zero attached hydrogens (tertiary/aromatic N) is 1. The Morgan fingerprint density at radius 1 is 1.44 bits per heavy atom. The standard InChI is InChI=1S/C12H13Cl2NO2S/c1-7(2)17-12-11(16)15(6-18-12)10-5-8(13)3-4-9(10)14/h3-5,7,12H,6H2,1-2H3. The van der Waals surface area contributed by atoms with E-state index in [9.17, 15) is 4.79 Å². The summed E-state index contributed by atoms with van der Waals surface area (Å²) in [6, 6.07) is 5.08. The van der Waals surface area contributed by atoms with Gasteiger partial charge in [0.15, 0.2) is 5.44 Å². The second-order valence-corrected chi connectivity index (χ2v) is 6.04. The van der Waals surface area contributed by atoms with Crippen molar-refractivity contribution in [1.82, 2.24) is 0 Å². The molecule has 0 saturated carbocycles. The SMILES string of the molecule is CC(C)OC1SCN(c2cc(Cl)ccc2Cl)C1=O. The second kappa shape index (κ2) is 5.70. The van der Waals surface area contributed by atoms with Gasteiger partial charge in [0, 0.05) is 5.02 Å². The Bertz CT molecular complexity index is 467. The normalized spacial score (nSPS) is 19.9. The third-order valence-electron chi connectivity index (χ3n) is 2.42. The molecule has 0 N–H and O–H groups in total. The summed E-state index contributed by atoms with van der Waals surface area (Å²) in [7, 11) is 0. The minimum absolute atomic E-state index is 0.0150. The van der Waals surface area contributed by atoms with Crippen molar-refractivity contribution in [1.29, 1.82) is 0 Å². The Morgan fingerprint density at radius 3 is 2.83 bits per heavy atom. The third-order valence-corrected chi connectivity index (χ3v) is 3.99. The molecule has 98 valence electrons. The van der Waals surface area contributed by atoms with Crippen molar-refractivity contribution >= 4 is 46.6 Å². The van der Waals surface area contributed by atoms with Crippen LogP contribution in [0.3, 0.4) is 0 Å². The lowest BCUT2D eigenvalue weighted by atomic mass is 10.3. The van der Waals surface area contributed by atoms with E-state index in [4.69, 9.17) is 27.9 Å². The number of benzene rings is 1. The highest BCUT2D eigenvalue weighted by molar-refractivity contribution is 8.01. The number of halogens is 2. The Kier molecular flexibility index (Phi) is 4.43. The average Bonchev–Trinajstić information content (AvgIpc) is 2.64. The molecular weight excluding hydrogens is 293 g/mol. The molecule has 2 rings (SSSR count). The zero-order valence-electron chi connectivity index (χ0n) is 10.0. The summed E-state index contributed by atoms with van der Waals surface area (Å²) in [6.07, 6.45) is 0.0150. The molecule has 1 aromatic carbocycles. The topological polar surface area (TPSA) is 29.5 Å². The number of carbonyl (C=O) groups excluding carboxylic acids is 1. The van der Waals surface area contributed by atoms with E-state index in [0.717, 1.165) is 0 Å². The van der Waals surface area contributed by atoms with Crippen LogP contribution in [0.1, 0.15) is 13.8 Å².